The predicted molar refractivity (Wildman–Crippen MR) is 124 cm³/mol. The number of carbonyl (C=O) groups excluding carboxylic acids is 1. The average molecular weight is 452 g/mol. The largest absolute Gasteiger partial charge is 0.491 e. The number of nitrogens with zero attached hydrogens (tertiary/aromatic N) is 3. The zero-order valence-electron chi connectivity index (χ0n) is 18.0. The van der Waals surface area contributed by atoms with Crippen molar-refractivity contribution in [2.75, 3.05) is 25.0 Å². The molecule has 0 spiro atoms. The van der Waals surface area contributed by atoms with Gasteiger partial charge < -0.3 is 14.6 Å². The molecule has 0 aliphatic carbocycles. The Morgan fingerprint density at radius 2 is 2.06 bits per heavy atom. The van der Waals surface area contributed by atoms with Gasteiger partial charge in [0, 0.05) is 32.1 Å². The van der Waals surface area contributed by atoms with Crippen molar-refractivity contribution in [3.05, 3.63) is 76.2 Å². The van der Waals surface area contributed by atoms with E-state index in [-0.39, 0.29) is 11.9 Å². The molecule has 2 N–H and O–H groups in total. The summed E-state index contributed by atoms with van der Waals surface area (Å²) < 4.78 is 7.50. The Morgan fingerprint density at radius 3 is 2.88 bits per heavy atom. The van der Waals surface area contributed by atoms with Gasteiger partial charge in [-0.05, 0) is 36.1 Å². The summed E-state index contributed by atoms with van der Waals surface area (Å²) in [5.41, 5.74) is 7.31. The minimum atomic E-state index is -0.0964. The van der Waals surface area contributed by atoms with Crippen LogP contribution in [-0.4, -0.2) is 46.2 Å². The van der Waals surface area contributed by atoms with Crippen LogP contribution in [0.3, 0.4) is 0 Å². The highest BCUT2D eigenvalue weighted by molar-refractivity contribution is 6.32. The van der Waals surface area contributed by atoms with Crippen LogP contribution in [0.15, 0.2) is 48.8 Å². The second-order valence-corrected chi connectivity index (χ2v) is 8.59. The molecular weight excluding hydrogens is 426 g/mol. The van der Waals surface area contributed by atoms with Gasteiger partial charge in [-0.25, -0.2) is 10.4 Å². The summed E-state index contributed by atoms with van der Waals surface area (Å²) in [5.74, 6) is 1.30. The highest BCUT2D eigenvalue weighted by Gasteiger charge is 2.29. The molecule has 0 unspecified atom stereocenters. The van der Waals surface area contributed by atoms with Crippen LogP contribution >= 0.6 is 11.6 Å². The number of anilines is 1. The van der Waals surface area contributed by atoms with E-state index >= 15 is 0 Å². The summed E-state index contributed by atoms with van der Waals surface area (Å²) in [5, 5.41) is 5.69. The van der Waals surface area contributed by atoms with Gasteiger partial charge in [-0.3, -0.25) is 9.80 Å². The summed E-state index contributed by atoms with van der Waals surface area (Å²) in [6, 6.07) is 14.4. The van der Waals surface area contributed by atoms with Crippen LogP contribution in [0.2, 0.25) is 5.02 Å². The quantitative estimate of drug-likeness (QED) is 0.621. The maximum atomic E-state index is 13.5. The first-order valence-electron chi connectivity index (χ1n) is 11.0. The normalized spacial score (nSPS) is 17.8. The van der Waals surface area contributed by atoms with E-state index in [9.17, 15) is 4.79 Å². The van der Waals surface area contributed by atoms with Crippen LogP contribution in [-0.2, 0) is 19.4 Å². The molecule has 3 aromatic rings. The number of hydrogen-bond acceptors (Lipinski definition) is 5. The number of hydrazine groups is 1. The number of fused-ring (bicyclic) bond motifs is 2. The number of halogens is 1. The number of nitrogens with one attached hydrogen (secondary N) is 2. The van der Waals surface area contributed by atoms with Crippen LogP contribution in [0.25, 0.3) is 0 Å². The minimum absolute atomic E-state index is 0.0649. The third-order valence-corrected chi connectivity index (χ3v) is 6.21. The van der Waals surface area contributed by atoms with Crippen LogP contribution < -0.4 is 15.5 Å². The maximum Gasteiger partial charge on any atom is 0.288 e. The van der Waals surface area contributed by atoms with Gasteiger partial charge in [-0.1, -0.05) is 48.0 Å². The van der Waals surface area contributed by atoms with E-state index < -0.39 is 0 Å². The van der Waals surface area contributed by atoms with Gasteiger partial charge in [0.15, 0.2) is 11.5 Å². The minimum Gasteiger partial charge on any atom is -0.491 e. The Balaban J connectivity index is 1.40. The standard InChI is InChI=1S/C24H26ClN5O2/c1-2-30-24(31)21-23(26-13-19(28-30)11-16-6-4-3-5-7-16)27-15-29(21)14-17-10-18-8-9-32-22(18)20(25)12-17/h3-7,10,12,15,19,26,28H,2,8-9,11,13-14H2,1H3/t19-/m1/s1. The van der Waals surface area contributed by atoms with Crippen molar-refractivity contribution in [2.45, 2.75) is 32.4 Å². The van der Waals surface area contributed by atoms with Crippen LogP contribution in [0, 0.1) is 0 Å². The monoisotopic (exact) mass is 451 g/mol. The first-order valence-corrected chi connectivity index (χ1v) is 11.3. The van der Waals surface area contributed by atoms with Crippen molar-refractivity contribution in [3.8, 4) is 5.75 Å². The lowest BCUT2D eigenvalue weighted by Crippen LogP contribution is -2.53. The van der Waals surface area contributed by atoms with Crippen LogP contribution in [0.5, 0.6) is 5.75 Å². The number of ether oxygens (including phenoxy) is 1. The van der Waals surface area contributed by atoms with Crippen molar-refractivity contribution < 1.29 is 9.53 Å². The zero-order chi connectivity index (χ0) is 22.1. The molecule has 0 saturated heterocycles. The molecule has 3 heterocycles. The van der Waals surface area contributed by atoms with Crippen molar-refractivity contribution in [1.29, 1.82) is 0 Å². The Bertz CT molecular complexity index is 1130. The van der Waals surface area contributed by atoms with E-state index in [1.165, 1.54) is 5.56 Å². The topological polar surface area (TPSA) is 71.4 Å². The van der Waals surface area contributed by atoms with E-state index in [1.54, 1.807) is 11.3 Å². The first-order chi connectivity index (χ1) is 15.6. The lowest BCUT2D eigenvalue weighted by Gasteiger charge is -2.31. The number of aromatic nitrogens is 2. The molecule has 166 valence electrons. The fourth-order valence-corrected chi connectivity index (χ4v) is 4.71. The molecule has 7 nitrogen and oxygen atoms in total. The number of hydrogen-bond donors (Lipinski definition) is 2. The van der Waals surface area contributed by atoms with Gasteiger partial charge in [0.1, 0.15) is 5.75 Å². The summed E-state index contributed by atoms with van der Waals surface area (Å²) in [4.78, 5) is 18.0. The molecule has 0 saturated carbocycles. The molecule has 2 aliphatic heterocycles. The molecule has 1 atom stereocenters. The molecule has 2 aliphatic rings. The van der Waals surface area contributed by atoms with Gasteiger partial charge in [0.25, 0.3) is 5.91 Å². The summed E-state index contributed by atoms with van der Waals surface area (Å²) >= 11 is 6.42. The summed E-state index contributed by atoms with van der Waals surface area (Å²) in [7, 11) is 0. The molecule has 1 amide bonds. The number of imidazole rings is 1. The molecule has 1 aromatic heterocycles. The predicted octanol–water partition coefficient (Wildman–Crippen LogP) is 3.52. The lowest BCUT2D eigenvalue weighted by molar-refractivity contribution is 0.0621. The molecular formula is C24H26ClN5O2. The molecule has 5 rings (SSSR count). The third kappa shape index (κ3) is 4.06. The molecule has 0 fully saturated rings. The third-order valence-electron chi connectivity index (χ3n) is 5.93. The van der Waals surface area contributed by atoms with Gasteiger partial charge in [-0.15, -0.1) is 0 Å². The van der Waals surface area contributed by atoms with Crippen molar-refractivity contribution in [1.82, 2.24) is 20.0 Å². The van der Waals surface area contributed by atoms with E-state index in [0.717, 1.165) is 29.7 Å². The SMILES string of the molecule is CCN1N[C@H](Cc2ccccc2)CNc2ncn(Cc3cc(Cl)c4c(c3)CCO4)c2C1=O. The lowest BCUT2D eigenvalue weighted by atomic mass is 10.1. The van der Waals surface area contributed by atoms with Crippen molar-refractivity contribution in [2.24, 2.45) is 0 Å². The second-order valence-electron chi connectivity index (χ2n) is 8.18. The Hall–Kier alpha value is -3.03. The van der Waals surface area contributed by atoms with Crippen LogP contribution in [0.1, 0.15) is 34.1 Å². The number of carbonyl (C=O) groups is 1. The van der Waals surface area contributed by atoms with Gasteiger partial charge in [-0.2, -0.15) is 0 Å². The van der Waals surface area contributed by atoms with Crippen molar-refractivity contribution >= 4 is 23.3 Å². The van der Waals surface area contributed by atoms with Crippen LogP contribution in [0.4, 0.5) is 5.82 Å². The number of benzene rings is 2. The fourth-order valence-electron chi connectivity index (χ4n) is 4.39. The molecule has 32 heavy (non-hydrogen) atoms. The molecule has 8 heteroatoms. The highest BCUT2D eigenvalue weighted by atomic mass is 35.5. The van der Waals surface area contributed by atoms with Gasteiger partial charge in [0.2, 0.25) is 0 Å². The number of rotatable bonds is 5. The zero-order valence-corrected chi connectivity index (χ0v) is 18.7. The van der Waals surface area contributed by atoms with E-state index in [4.69, 9.17) is 16.3 Å². The fraction of sp³-hybridized carbons (Fsp3) is 0.333. The maximum absolute atomic E-state index is 13.5. The van der Waals surface area contributed by atoms with E-state index in [1.807, 2.05) is 35.8 Å². The van der Waals surface area contributed by atoms with E-state index in [2.05, 4.69) is 33.9 Å². The smallest absolute Gasteiger partial charge is 0.288 e. The molecule has 0 radical (unpaired) electrons. The first kappa shape index (κ1) is 20.8. The Kier molecular flexibility index (Phi) is 5.76. The van der Waals surface area contributed by atoms with E-state index in [0.29, 0.717) is 42.8 Å². The van der Waals surface area contributed by atoms with Crippen molar-refractivity contribution in [3.63, 3.8) is 0 Å². The summed E-state index contributed by atoms with van der Waals surface area (Å²) in [6.45, 7) is 4.35. The summed E-state index contributed by atoms with van der Waals surface area (Å²) in [6.07, 6.45) is 3.38. The highest BCUT2D eigenvalue weighted by Crippen LogP contribution is 2.35. The van der Waals surface area contributed by atoms with Gasteiger partial charge >= 0.3 is 0 Å². The second kappa shape index (κ2) is 8.84. The molecule has 2 aromatic carbocycles. The Labute approximate surface area is 192 Å². The average Bonchev–Trinajstić information content (AvgIpc) is 3.42. The molecule has 0 bridgehead atoms. The Morgan fingerprint density at radius 1 is 1.22 bits per heavy atom. The van der Waals surface area contributed by atoms with Gasteiger partial charge in [0.05, 0.1) is 18.0 Å². The number of amides is 1.